The van der Waals surface area contributed by atoms with Crippen molar-refractivity contribution in [1.29, 1.82) is 0 Å². The van der Waals surface area contributed by atoms with E-state index >= 15 is 0 Å². The number of hydrogen-bond acceptors (Lipinski definition) is 1. The molecule has 1 unspecified atom stereocenters. The zero-order valence-corrected chi connectivity index (χ0v) is 11.5. The lowest BCUT2D eigenvalue weighted by atomic mass is 9.89. The van der Waals surface area contributed by atoms with Crippen molar-refractivity contribution in [3.8, 4) is 0 Å². The standard InChI is InChI=1S/C16H22N2O/c1-3-10-17-16(19)18-12(2)14-9-8-13-6-4-5-7-15(13)11-14/h3,8-9,11-12H,1,4-7,10H2,2H3,(H2,17,18,19). The number of carbonyl (C=O) groups excluding carboxylic acids is 1. The van der Waals surface area contributed by atoms with E-state index in [2.05, 4.69) is 35.4 Å². The molecular formula is C16H22N2O. The van der Waals surface area contributed by atoms with E-state index in [9.17, 15) is 4.79 Å². The van der Waals surface area contributed by atoms with Crippen LogP contribution in [0.3, 0.4) is 0 Å². The molecule has 1 aromatic carbocycles. The van der Waals surface area contributed by atoms with Gasteiger partial charge in [-0.2, -0.15) is 0 Å². The normalized spacial score (nSPS) is 15.2. The number of benzene rings is 1. The number of aryl methyl sites for hydroxylation is 2. The molecule has 0 fully saturated rings. The predicted octanol–water partition coefficient (Wildman–Crippen LogP) is 3.11. The van der Waals surface area contributed by atoms with E-state index in [1.165, 1.54) is 42.4 Å². The van der Waals surface area contributed by atoms with Crippen molar-refractivity contribution >= 4 is 6.03 Å². The van der Waals surface area contributed by atoms with Crippen LogP contribution in [0.15, 0.2) is 30.9 Å². The summed E-state index contributed by atoms with van der Waals surface area (Å²) >= 11 is 0. The van der Waals surface area contributed by atoms with E-state index in [-0.39, 0.29) is 12.1 Å². The average molecular weight is 258 g/mol. The minimum atomic E-state index is -0.148. The van der Waals surface area contributed by atoms with Gasteiger partial charge >= 0.3 is 6.03 Å². The van der Waals surface area contributed by atoms with Crippen LogP contribution in [-0.2, 0) is 12.8 Å². The lowest BCUT2D eigenvalue weighted by Crippen LogP contribution is -2.37. The van der Waals surface area contributed by atoms with Gasteiger partial charge in [0.25, 0.3) is 0 Å². The molecule has 2 N–H and O–H groups in total. The van der Waals surface area contributed by atoms with Crippen molar-refractivity contribution in [2.24, 2.45) is 0 Å². The molecule has 0 aromatic heterocycles. The molecule has 0 aliphatic heterocycles. The molecule has 19 heavy (non-hydrogen) atoms. The highest BCUT2D eigenvalue weighted by Crippen LogP contribution is 2.24. The maximum absolute atomic E-state index is 11.6. The Kier molecular flexibility index (Phi) is 4.61. The van der Waals surface area contributed by atoms with Crippen molar-refractivity contribution in [2.45, 2.75) is 38.6 Å². The molecule has 2 rings (SSSR count). The van der Waals surface area contributed by atoms with Gasteiger partial charge < -0.3 is 10.6 Å². The molecule has 1 aromatic rings. The molecule has 1 aliphatic carbocycles. The van der Waals surface area contributed by atoms with Gasteiger partial charge in [0.15, 0.2) is 0 Å². The fourth-order valence-corrected chi connectivity index (χ4v) is 2.52. The quantitative estimate of drug-likeness (QED) is 0.800. The molecule has 0 saturated carbocycles. The second kappa shape index (κ2) is 6.41. The second-order valence-corrected chi connectivity index (χ2v) is 5.10. The Morgan fingerprint density at radius 2 is 2.11 bits per heavy atom. The van der Waals surface area contributed by atoms with Crippen LogP contribution in [0.1, 0.15) is 42.5 Å². The summed E-state index contributed by atoms with van der Waals surface area (Å²) in [6.07, 6.45) is 6.60. The number of rotatable bonds is 4. The fraction of sp³-hybridized carbons (Fsp3) is 0.438. The van der Waals surface area contributed by atoms with E-state index in [0.717, 1.165) is 0 Å². The van der Waals surface area contributed by atoms with Gasteiger partial charge in [-0.05, 0) is 49.3 Å². The summed E-state index contributed by atoms with van der Waals surface area (Å²) in [5, 5.41) is 5.67. The Balaban J connectivity index is 2.00. The van der Waals surface area contributed by atoms with E-state index in [4.69, 9.17) is 0 Å². The Morgan fingerprint density at radius 1 is 1.37 bits per heavy atom. The summed E-state index contributed by atoms with van der Waals surface area (Å²) in [6.45, 7) is 6.08. The fourth-order valence-electron chi connectivity index (χ4n) is 2.52. The number of fused-ring (bicyclic) bond motifs is 1. The van der Waals surface area contributed by atoms with Crippen LogP contribution < -0.4 is 10.6 Å². The third kappa shape index (κ3) is 3.60. The predicted molar refractivity (Wildman–Crippen MR) is 78.2 cm³/mol. The van der Waals surface area contributed by atoms with Crippen LogP contribution in [0.25, 0.3) is 0 Å². The molecule has 102 valence electrons. The highest BCUT2D eigenvalue weighted by Gasteiger charge is 2.13. The van der Waals surface area contributed by atoms with E-state index in [0.29, 0.717) is 6.54 Å². The van der Waals surface area contributed by atoms with Crippen LogP contribution in [0.4, 0.5) is 4.79 Å². The summed E-state index contributed by atoms with van der Waals surface area (Å²) in [7, 11) is 0. The maximum atomic E-state index is 11.6. The van der Waals surface area contributed by atoms with Crippen LogP contribution >= 0.6 is 0 Å². The third-order valence-corrected chi connectivity index (χ3v) is 3.63. The van der Waals surface area contributed by atoms with E-state index in [1.807, 2.05) is 6.92 Å². The maximum Gasteiger partial charge on any atom is 0.315 e. The molecular weight excluding hydrogens is 236 g/mol. The van der Waals surface area contributed by atoms with Crippen molar-refractivity contribution in [3.05, 3.63) is 47.5 Å². The SMILES string of the molecule is C=CCNC(=O)NC(C)c1ccc2c(c1)CCCC2. The Bertz CT molecular complexity index is 468. The Morgan fingerprint density at radius 3 is 2.84 bits per heavy atom. The van der Waals surface area contributed by atoms with Gasteiger partial charge in [-0.15, -0.1) is 6.58 Å². The Hall–Kier alpha value is -1.77. The number of nitrogens with one attached hydrogen (secondary N) is 2. The first kappa shape index (κ1) is 13.7. The Labute approximate surface area is 115 Å². The largest absolute Gasteiger partial charge is 0.335 e. The zero-order valence-electron chi connectivity index (χ0n) is 11.5. The van der Waals surface area contributed by atoms with Crippen LogP contribution in [-0.4, -0.2) is 12.6 Å². The van der Waals surface area contributed by atoms with Crippen LogP contribution in [0.5, 0.6) is 0 Å². The van der Waals surface area contributed by atoms with Crippen LogP contribution in [0.2, 0.25) is 0 Å². The van der Waals surface area contributed by atoms with Crippen molar-refractivity contribution in [1.82, 2.24) is 10.6 Å². The molecule has 0 saturated heterocycles. The molecule has 1 atom stereocenters. The molecule has 0 spiro atoms. The van der Waals surface area contributed by atoms with Crippen molar-refractivity contribution in [2.75, 3.05) is 6.54 Å². The van der Waals surface area contributed by atoms with E-state index < -0.39 is 0 Å². The first-order valence-electron chi connectivity index (χ1n) is 6.97. The molecule has 0 bridgehead atoms. The topological polar surface area (TPSA) is 41.1 Å². The molecule has 0 heterocycles. The molecule has 3 heteroatoms. The highest BCUT2D eigenvalue weighted by atomic mass is 16.2. The summed E-state index contributed by atoms with van der Waals surface area (Å²) in [6, 6.07) is 6.46. The number of carbonyl (C=O) groups is 1. The first-order chi connectivity index (χ1) is 9.20. The van der Waals surface area contributed by atoms with Gasteiger partial charge in [0.1, 0.15) is 0 Å². The minimum Gasteiger partial charge on any atom is -0.335 e. The van der Waals surface area contributed by atoms with Gasteiger partial charge in [0.05, 0.1) is 6.04 Å². The van der Waals surface area contributed by atoms with E-state index in [1.54, 1.807) is 6.08 Å². The average Bonchev–Trinajstić information content (AvgIpc) is 2.44. The minimum absolute atomic E-state index is 0.0250. The van der Waals surface area contributed by atoms with Crippen LogP contribution in [0, 0.1) is 0 Å². The number of hydrogen-bond donors (Lipinski definition) is 2. The number of amides is 2. The highest BCUT2D eigenvalue weighted by molar-refractivity contribution is 5.74. The summed E-state index contributed by atoms with van der Waals surface area (Å²) in [5.41, 5.74) is 4.09. The molecule has 0 radical (unpaired) electrons. The van der Waals surface area contributed by atoms with Crippen molar-refractivity contribution < 1.29 is 4.79 Å². The number of urea groups is 1. The van der Waals surface area contributed by atoms with Gasteiger partial charge in [-0.25, -0.2) is 4.79 Å². The third-order valence-electron chi connectivity index (χ3n) is 3.63. The summed E-state index contributed by atoms with van der Waals surface area (Å²) < 4.78 is 0. The molecule has 2 amide bonds. The van der Waals surface area contributed by atoms with Gasteiger partial charge in [0.2, 0.25) is 0 Å². The van der Waals surface area contributed by atoms with Gasteiger partial charge in [-0.3, -0.25) is 0 Å². The van der Waals surface area contributed by atoms with Gasteiger partial charge in [0, 0.05) is 6.54 Å². The molecule has 1 aliphatic rings. The second-order valence-electron chi connectivity index (χ2n) is 5.10. The monoisotopic (exact) mass is 258 g/mol. The summed E-state index contributed by atoms with van der Waals surface area (Å²) in [5.74, 6) is 0. The molecule has 3 nitrogen and oxygen atoms in total. The smallest absolute Gasteiger partial charge is 0.315 e. The zero-order chi connectivity index (χ0) is 13.7. The lowest BCUT2D eigenvalue weighted by Gasteiger charge is -2.20. The first-order valence-corrected chi connectivity index (χ1v) is 6.97. The van der Waals surface area contributed by atoms with Crippen molar-refractivity contribution in [3.63, 3.8) is 0 Å². The van der Waals surface area contributed by atoms with Gasteiger partial charge in [-0.1, -0.05) is 24.3 Å². The lowest BCUT2D eigenvalue weighted by molar-refractivity contribution is 0.239. The summed E-state index contributed by atoms with van der Waals surface area (Å²) in [4.78, 5) is 11.6.